The van der Waals surface area contributed by atoms with Crippen LogP contribution in [-0.2, 0) is 0 Å². The minimum Gasteiger partial charge on any atom is -0.437 e. The number of rotatable bonds is 5. The van der Waals surface area contributed by atoms with Gasteiger partial charge in [-0.25, -0.2) is 4.98 Å². The van der Waals surface area contributed by atoms with Crippen LogP contribution >= 0.6 is 27.5 Å². The number of pyridine rings is 1. The second-order valence-electron chi connectivity index (χ2n) is 5.83. The number of anilines is 2. The number of halogens is 2. The maximum absolute atomic E-state index is 11.2. The fraction of sp³-hybridized carbons (Fsp3) is 0.250. The molecule has 8 heteroatoms. The maximum atomic E-state index is 11.2. The van der Waals surface area contributed by atoms with Gasteiger partial charge in [0.25, 0.3) is 0 Å². The Hall–Kier alpha value is -1.83. The van der Waals surface area contributed by atoms with Crippen LogP contribution in [0.2, 0.25) is 5.02 Å². The highest BCUT2D eigenvalue weighted by atomic mass is 79.9. The molecule has 0 spiro atoms. The molecule has 0 radical (unpaired) electrons. The smallest absolute Gasteiger partial charge is 0.229 e. The van der Waals surface area contributed by atoms with Crippen molar-refractivity contribution in [3.8, 4) is 11.6 Å². The fourth-order valence-electron chi connectivity index (χ4n) is 2.57. The molecule has 0 bridgehead atoms. The summed E-state index contributed by atoms with van der Waals surface area (Å²) in [6.45, 7) is 0.973. The van der Waals surface area contributed by atoms with Gasteiger partial charge in [-0.2, -0.15) is 0 Å². The average molecular weight is 410 g/mol. The number of carbonyl (C=O) groups excluding carboxylic acids is 1. The Labute approximate surface area is 152 Å². The van der Waals surface area contributed by atoms with E-state index in [4.69, 9.17) is 16.3 Å². The molecule has 1 aliphatic carbocycles. The van der Waals surface area contributed by atoms with E-state index in [0.717, 1.165) is 28.3 Å². The van der Waals surface area contributed by atoms with Crippen LogP contribution in [0.1, 0.15) is 23.2 Å². The van der Waals surface area contributed by atoms with Gasteiger partial charge < -0.3 is 10.2 Å². The van der Waals surface area contributed by atoms with E-state index < -0.39 is 0 Å². The monoisotopic (exact) mass is 408 g/mol. The molecular weight excluding hydrogens is 396 g/mol. The van der Waals surface area contributed by atoms with Crippen molar-refractivity contribution in [1.82, 2.24) is 10.5 Å². The van der Waals surface area contributed by atoms with E-state index in [0.29, 0.717) is 22.6 Å². The quantitative estimate of drug-likeness (QED) is 0.723. The van der Waals surface area contributed by atoms with Gasteiger partial charge in [0, 0.05) is 12.7 Å². The van der Waals surface area contributed by atoms with E-state index >= 15 is 0 Å². The molecule has 1 aromatic heterocycles. The normalized spacial score (nSPS) is 15.8. The van der Waals surface area contributed by atoms with Crippen LogP contribution in [0.15, 0.2) is 28.9 Å². The molecule has 4 rings (SSSR count). The Balaban J connectivity index is 1.62. The Morgan fingerprint density at radius 2 is 2.29 bits per heavy atom. The van der Waals surface area contributed by atoms with Crippen molar-refractivity contribution in [3.05, 3.63) is 39.5 Å². The molecule has 2 heterocycles. The number of nitrogens with zero attached hydrogens (tertiary/aromatic N) is 2. The third-order valence-electron chi connectivity index (χ3n) is 4.01. The zero-order chi connectivity index (χ0) is 16.7. The Morgan fingerprint density at radius 3 is 3.04 bits per heavy atom. The largest absolute Gasteiger partial charge is 0.437 e. The molecule has 24 heavy (non-hydrogen) atoms. The van der Waals surface area contributed by atoms with E-state index in [1.54, 1.807) is 0 Å². The predicted octanol–water partition coefficient (Wildman–Crippen LogP) is 4.16. The summed E-state index contributed by atoms with van der Waals surface area (Å²) in [6.07, 6.45) is 4.69. The topological polar surface area (TPSA) is 66.5 Å². The standard InChI is InChI=1S/C16H14BrClN4O2/c17-14-13(24-16-10(8-23)5-11(18)6-19-16)4-3-12-15(14)20-21-22(12)7-9-1-2-9/h3-6,8-9,20-21H,1-2,7H2. The highest BCUT2D eigenvalue weighted by Crippen LogP contribution is 2.44. The lowest BCUT2D eigenvalue weighted by Crippen LogP contribution is -2.37. The van der Waals surface area contributed by atoms with Crippen molar-refractivity contribution < 1.29 is 9.53 Å². The SMILES string of the molecule is O=Cc1cc(Cl)cnc1Oc1ccc2c(c1Br)NNN2CC1CC1. The lowest BCUT2D eigenvalue weighted by molar-refractivity contribution is 0.112. The summed E-state index contributed by atoms with van der Waals surface area (Å²) in [5, 5.41) is 2.48. The van der Waals surface area contributed by atoms with E-state index in [-0.39, 0.29) is 5.88 Å². The number of fused-ring (bicyclic) bond motifs is 1. The van der Waals surface area contributed by atoms with E-state index in [1.807, 2.05) is 12.1 Å². The molecule has 6 nitrogen and oxygen atoms in total. The molecular formula is C16H14BrClN4O2. The van der Waals surface area contributed by atoms with Gasteiger partial charge in [-0.15, -0.1) is 5.53 Å². The number of hydrogen-bond donors (Lipinski definition) is 2. The van der Waals surface area contributed by atoms with Crippen molar-refractivity contribution in [2.45, 2.75) is 12.8 Å². The van der Waals surface area contributed by atoms with Gasteiger partial charge >= 0.3 is 0 Å². The lowest BCUT2D eigenvalue weighted by atomic mass is 10.2. The Morgan fingerprint density at radius 1 is 1.46 bits per heavy atom. The summed E-state index contributed by atoms with van der Waals surface area (Å²) in [7, 11) is 0. The van der Waals surface area contributed by atoms with Gasteiger partial charge in [-0.3, -0.25) is 9.80 Å². The number of hydrazine groups is 2. The van der Waals surface area contributed by atoms with Gasteiger partial charge in [-0.05, 0) is 52.9 Å². The fourth-order valence-corrected chi connectivity index (χ4v) is 3.25. The van der Waals surface area contributed by atoms with E-state index in [1.165, 1.54) is 25.1 Å². The van der Waals surface area contributed by atoms with E-state index in [2.05, 4.69) is 36.9 Å². The molecule has 1 aromatic carbocycles. The zero-order valence-corrected chi connectivity index (χ0v) is 14.9. The second kappa shape index (κ2) is 6.23. The summed E-state index contributed by atoms with van der Waals surface area (Å²) < 4.78 is 6.57. The second-order valence-corrected chi connectivity index (χ2v) is 7.06. The van der Waals surface area contributed by atoms with Gasteiger partial charge in [-0.1, -0.05) is 11.6 Å². The number of ether oxygens (including phenoxy) is 1. The van der Waals surface area contributed by atoms with Crippen LogP contribution in [0, 0.1) is 5.92 Å². The summed E-state index contributed by atoms with van der Waals surface area (Å²) >= 11 is 9.42. The molecule has 0 unspecified atom stereocenters. The first-order valence-corrected chi connectivity index (χ1v) is 8.73. The molecule has 1 fully saturated rings. The summed E-state index contributed by atoms with van der Waals surface area (Å²) in [6, 6.07) is 5.35. The number of benzene rings is 1. The molecule has 2 N–H and O–H groups in total. The van der Waals surface area contributed by atoms with Crippen molar-refractivity contribution in [2.75, 3.05) is 17.0 Å². The Bertz CT molecular complexity index is 813. The number of hydrogen-bond acceptors (Lipinski definition) is 6. The van der Waals surface area contributed by atoms with Gasteiger partial charge in [0.15, 0.2) is 6.29 Å². The minimum atomic E-state index is 0.218. The van der Waals surface area contributed by atoms with Crippen molar-refractivity contribution in [3.63, 3.8) is 0 Å². The predicted molar refractivity (Wildman–Crippen MR) is 95.7 cm³/mol. The van der Waals surface area contributed by atoms with Crippen LogP contribution in [0.25, 0.3) is 0 Å². The Kier molecular flexibility index (Phi) is 4.07. The highest BCUT2D eigenvalue weighted by molar-refractivity contribution is 9.10. The van der Waals surface area contributed by atoms with Gasteiger partial charge in [0.2, 0.25) is 5.88 Å². The summed E-state index contributed by atoms with van der Waals surface area (Å²) in [5.74, 6) is 1.54. The first-order chi connectivity index (χ1) is 11.7. The number of carbonyl (C=O) groups is 1. The number of nitrogens with one attached hydrogen (secondary N) is 2. The van der Waals surface area contributed by atoms with Crippen LogP contribution in [0.3, 0.4) is 0 Å². The highest BCUT2D eigenvalue weighted by Gasteiger charge is 2.29. The van der Waals surface area contributed by atoms with Crippen LogP contribution in [0.5, 0.6) is 11.6 Å². The summed E-state index contributed by atoms with van der Waals surface area (Å²) in [4.78, 5) is 15.3. The van der Waals surface area contributed by atoms with Crippen LogP contribution in [0.4, 0.5) is 11.4 Å². The molecule has 0 amide bonds. The van der Waals surface area contributed by atoms with Gasteiger partial charge in [0.1, 0.15) is 5.75 Å². The zero-order valence-electron chi connectivity index (χ0n) is 12.6. The lowest BCUT2D eigenvalue weighted by Gasteiger charge is -2.17. The van der Waals surface area contributed by atoms with Crippen molar-refractivity contribution in [2.24, 2.45) is 5.92 Å². The van der Waals surface area contributed by atoms with Crippen molar-refractivity contribution >= 4 is 45.2 Å². The third kappa shape index (κ3) is 2.94. The summed E-state index contributed by atoms with van der Waals surface area (Å²) in [5.41, 5.74) is 8.57. The maximum Gasteiger partial charge on any atom is 0.229 e. The molecule has 0 atom stereocenters. The number of aromatic nitrogens is 1. The molecule has 2 aromatic rings. The van der Waals surface area contributed by atoms with Crippen LogP contribution in [-0.4, -0.2) is 17.8 Å². The van der Waals surface area contributed by atoms with Crippen molar-refractivity contribution in [1.29, 1.82) is 0 Å². The van der Waals surface area contributed by atoms with E-state index in [9.17, 15) is 4.79 Å². The van der Waals surface area contributed by atoms with Gasteiger partial charge in [0.05, 0.1) is 26.4 Å². The molecule has 2 aliphatic rings. The molecule has 0 saturated heterocycles. The average Bonchev–Trinajstić information content (AvgIpc) is 3.30. The minimum absolute atomic E-state index is 0.218. The molecule has 124 valence electrons. The molecule has 1 saturated carbocycles. The first kappa shape index (κ1) is 15.7. The van der Waals surface area contributed by atoms with Crippen LogP contribution < -0.4 is 20.7 Å². The number of aldehydes is 1. The molecule has 1 aliphatic heterocycles. The first-order valence-electron chi connectivity index (χ1n) is 7.56. The third-order valence-corrected chi connectivity index (χ3v) is 5.00.